The third-order valence-corrected chi connectivity index (χ3v) is 6.48. The number of fused-ring (bicyclic) bond motifs is 1. The van der Waals surface area contributed by atoms with Crippen molar-refractivity contribution in [2.75, 3.05) is 27.1 Å². The second kappa shape index (κ2) is 8.31. The molecule has 8 heteroatoms. The maximum absolute atomic E-state index is 12.3. The van der Waals surface area contributed by atoms with Gasteiger partial charge in [-0.3, -0.25) is 9.69 Å². The number of piperidine rings is 1. The summed E-state index contributed by atoms with van der Waals surface area (Å²) in [6.07, 6.45) is 0.553. The van der Waals surface area contributed by atoms with Crippen LogP contribution in [0.3, 0.4) is 0 Å². The quantitative estimate of drug-likeness (QED) is 0.749. The molecule has 2 aliphatic rings. The summed E-state index contributed by atoms with van der Waals surface area (Å²) in [6, 6.07) is 9.41. The topological polar surface area (TPSA) is 80.3 Å². The number of likely N-dealkylation sites (tertiary alicyclic amines) is 1. The molecule has 2 aliphatic heterocycles. The number of hydrogen-bond acceptors (Lipinski definition) is 7. The number of nitrogens with one attached hydrogen (secondary N) is 1. The maximum atomic E-state index is 12.3. The molecule has 3 heterocycles. The van der Waals surface area contributed by atoms with Crippen LogP contribution in [0, 0.1) is 0 Å². The van der Waals surface area contributed by atoms with Crippen molar-refractivity contribution in [3.05, 3.63) is 46.2 Å². The van der Waals surface area contributed by atoms with E-state index < -0.39 is 11.6 Å². The van der Waals surface area contributed by atoms with E-state index in [0.29, 0.717) is 19.5 Å². The van der Waals surface area contributed by atoms with E-state index in [1.54, 1.807) is 18.3 Å². The van der Waals surface area contributed by atoms with Crippen molar-refractivity contribution in [3.63, 3.8) is 0 Å². The molecule has 7 nitrogen and oxygen atoms in total. The summed E-state index contributed by atoms with van der Waals surface area (Å²) in [5, 5.41) is 16.1. The number of rotatable bonds is 6. The Morgan fingerprint density at radius 1 is 1.38 bits per heavy atom. The zero-order valence-corrected chi connectivity index (χ0v) is 17.4. The lowest BCUT2D eigenvalue weighted by molar-refractivity contribution is -0.132. The van der Waals surface area contributed by atoms with Gasteiger partial charge in [0.25, 0.3) is 0 Å². The van der Waals surface area contributed by atoms with Crippen molar-refractivity contribution in [1.82, 2.24) is 10.2 Å². The molecule has 0 bridgehead atoms. The molecule has 29 heavy (non-hydrogen) atoms. The Morgan fingerprint density at radius 2 is 2.21 bits per heavy atom. The average Bonchev–Trinajstić information content (AvgIpc) is 3.36. The van der Waals surface area contributed by atoms with Crippen molar-refractivity contribution in [2.45, 2.75) is 37.6 Å². The highest BCUT2D eigenvalue weighted by molar-refractivity contribution is 7.10. The predicted octanol–water partition coefficient (Wildman–Crippen LogP) is 2.31. The SMILES string of the molecule is COCC(=O)N[C@H]1[C@H](c2cccs2)N(Cc2ccc3c(c2)OCO3)CC[C@@]1(C)O. The summed E-state index contributed by atoms with van der Waals surface area (Å²) in [6.45, 7) is 3.39. The molecular weight excluding hydrogens is 392 g/mol. The number of carbonyl (C=O) groups excluding carboxylic acids is 1. The molecule has 1 fully saturated rings. The van der Waals surface area contributed by atoms with E-state index in [1.165, 1.54) is 7.11 Å². The summed E-state index contributed by atoms with van der Waals surface area (Å²) in [5.41, 5.74) is 0.0722. The van der Waals surface area contributed by atoms with Crippen molar-refractivity contribution in [3.8, 4) is 11.5 Å². The van der Waals surface area contributed by atoms with Gasteiger partial charge >= 0.3 is 0 Å². The Kier molecular flexibility index (Phi) is 5.78. The summed E-state index contributed by atoms with van der Waals surface area (Å²) < 4.78 is 15.9. The molecule has 4 rings (SSSR count). The van der Waals surface area contributed by atoms with Crippen LogP contribution < -0.4 is 14.8 Å². The zero-order chi connectivity index (χ0) is 20.4. The number of thiophene rings is 1. The average molecular weight is 419 g/mol. The van der Waals surface area contributed by atoms with Crippen LogP contribution in [0.25, 0.3) is 0 Å². The van der Waals surface area contributed by atoms with E-state index >= 15 is 0 Å². The third kappa shape index (κ3) is 4.25. The van der Waals surface area contributed by atoms with Crippen LogP contribution in [-0.4, -0.2) is 54.6 Å². The van der Waals surface area contributed by atoms with E-state index in [1.807, 2.05) is 29.6 Å². The summed E-state index contributed by atoms with van der Waals surface area (Å²) in [4.78, 5) is 15.7. The minimum Gasteiger partial charge on any atom is -0.454 e. The predicted molar refractivity (Wildman–Crippen MR) is 109 cm³/mol. The summed E-state index contributed by atoms with van der Waals surface area (Å²) in [5.74, 6) is 1.28. The lowest BCUT2D eigenvalue weighted by Crippen LogP contribution is -2.62. The number of nitrogens with zero attached hydrogens (tertiary/aromatic N) is 1. The number of hydrogen-bond donors (Lipinski definition) is 2. The first kappa shape index (κ1) is 20.2. The van der Waals surface area contributed by atoms with Gasteiger partial charge in [0.15, 0.2) is 11.5 Å². The molecule has 1 aromatic heterocycles. The maximum Gasteiger partial charge on any atom is 0.246 e. The molecule has 0 unspecified atom stereocenters. The fraction of sp³-hybridized carbons (Fsp3) is 0.476. The van der Waals surface area contributed by atoms with Gasteiger partial charge in [-0.05, 0) is 42.5 Å². The Balaban J connectivity index is 1.62. The van der Waals surface area contributed by atoms with Crippen LogP contribution in [0.2, 0.25) is 0 Å². The normalized spacial score (nSPS) is 26.4. The van der Waals surface area contributed by atoms with Gasteiger partial charge in [-0.1, -0.05) is 12.1 Å². The van der Waals surface area contributed by atoms with Crippen LogP contribution in [0.4, 0.5) is 0 Å². The summed E-state index contributed by atoms with van der Waals surface area (Å²) in [7, 11) is 1.49. The van der Waals surface area contributed by atoms with Crippen molar-refractivity contribution < 1.29 is 24.1 Å². The van der Waals surface area contributed by atoms with Gasteiger partial charge in [0.05, 0.1) is 17.7 Å². The number of ether oxygens (including phenoxy) is 3. The third-order valence-electron chi connectivity index (χ3n) is 5.53. The fourth-order valence-corrected chi connectivity index (χ4v) is 4.95. The van der Waals surface area contributed by atoms with Gasteiger partial charge in [-0.25, -0.2) is 0 Å². The Morgan fingerprint density at radius 3 is 2.97 bits per heavy atom. The minimum atomic E-state index is -1.02. The minimum absolute atomic E-state index is 0.0358. The Labute approximate surface area is 174 Å². The molecule has 0 saturated carbocycles. The first-order valence-electron chi connectivity index (χ1n) is 9.64. The molecular formula is C21H26N2O5S. The Bertz CT molecular complexity index is 855. The lowest BCUT2D eigenvalue weighted by Gasteiger charge is -2.48. The van der Waals surface area contributed by atoms with Crippen LogP contribution in [0.1, 0.15) is 29.8 Å². The van der Waals surface area contributed by atoms with E-state index in [-0.39, 0.29) is 25.3 Å². The molecule has 0 aliphatic carbocycles. The second-order valence-corrected chi connectivity index (χ2v) is 8.68. The van der Waals surface area contributed by atoms with Crippen molar-refractivity contribution in [2.24, 2.45) is 0 Å². The number of benzene rings is 1. The van der Waals surface area contributed by atoms with Gasteiger partial charge in [-0.15, -0.1) is 11.3 Å². The molecule has 3 atom stereocenters. The van der Waals surface area contributed by atoms with Gasteiger partial charge in [0, 0.05) is 25.1 Å². The number of amides is 1. The van der Waals surface area contributed by atoms with E-state index in [9.17, 15) is 9.90 Å². The Hall–Kier alpha value is -2.13. The summed E-state index contributed by atoms with van der Waals surface area (Å²) >= 11 is 1.63. The molecule has 0 spiro atoms. The smallest absolute Gasteiger partial charge is 0.246 e. The highest BCUT2D eigenvalue weighted by atomic mass is 32.1. The number of aliphatic hydroxyl groups is 1. The van der Waals surface area contributed by atoms with Crippen LogP contribution in [-0.2, 0) is 16.1 Å². The van der Waals surface area contributed by atoms with E-state index in [2.05, 4.69) is 16.3 Å². The first-order chi connectivity index (χ1) is 14.0. The molecule has 1 amide bonds. The van der Waals surface area contributed by atoms with Crippen molar-refractivity contribution in [1.29, 1.82) is 0 Å². The van der Waals surface area contributed by atoms with Gasteiger partial charge in [0.1, 0.15) is 6.61 Å². The monoisotopic (exact) mass is 418 g/mol. The molecule has 1 saturated heterocycles. The zero-order valence-electron chi connectivity index (χ0n) is 16.6. The fourth-order valence-electron chi connectivity index (χ4n) is 4.05. The number of methoxy groups -OCH3 is 1. The van der Waals surface area contributed by atoms with Crippen molar-refractivity contribution >= 4 is 17.2 Å². The molecule has 1 aromatic carbocycles. The standard InChI is InChI=1S/C21H26N2O5S/c1-21(25)7-8-23(11-14-5-6-15-16(10-14)28-13-27-15)19(17-4-3-9-29-17)20(21)22-18(24)12-26-2/h3-6,9-10,19-20,25H,7-8,11-13H2,1-2H3,(H,22,24)/t19-,20-,21+/m0/s1. The van der Waals surface area contributed by atoms with Gasteiger partial charge in [0.2, 0.25) is 12.7 Å². The molecule has 156 valence electrons. The highest BCUT2D eigenvalue weighted by Gasteiger charge is 2.46. The largest absolute Gasteiger partial charge is 0.454 e. The molecule has 0 radical (unpaired) electrons. The van der Waals surface area contributed by atoms with Crippen LogP contribution in [0.15, 0.2) is 35.7 Å². The van der Waals surface area contributed by atoms with Gasteiger partial charge < -0.3 is 24.6 Å². The van der Waals surface area contributed by atoms with E-state index in [0.717, 1.165) is 21.9 Å². The first-order valence-corrected chi connectivity index (χ1v) is 10.5. The second-order valence-electron chi connectivity index (χ2n) is 7.70. The molecule has 2 aromatic rings. The van der Waals surface area contributed by atoms with Crippen LogP contribution in [0.5, 0.6) is 11.5 Å². The number of carbonyl (C=O) groups is 1. The van der Waals surface area contributed by atoms with E-state index in [4.69, 9.17) is 14.2 Å². The van der Waals surface area contributed by atoms with Crippen LogP contribution >= 0.6 is 11.3 Å². The highest BCUT2D eigenvalue weighted by Crippen LogP contribution is 2.40. The van der Waals surface area contributed by atoms with Gasteiger partial charge in [-0.2, -0.15) is 0 Å². The lowest BCUT2D eigenvalue weighted by atomic mass is 9.81. The molecule has 2 N–H and O–H groups in total.